The number of rotatable bonds is 8. The number of alkyl halides is 2. The van der Waals surface area contributed by atoms with Crippen LogP contribution in [0.15, 0.2) is 37.3 Å². The van der Waals surface area contributed by atoms with Gasteiger partial charge < -0.3 is 19.4 Å². The third-order valence-corrected chi connectivity index (χ3v) is 4.90. The monoisotopic (exact) mass is 395 g/mol. The molecule has 2 aromatic heterocycles. The summed E-state index contributed by atoms with van der Waals surface area (Å²) < 4.78 is 40.3. The number of nitrogens with one attached hydrogen (secondary N) is 1. The molecule has 0 radical (unpaired) electrons. The second-order valence-corrected chi connectivity index (χ2v) is 6.63. The number of carbonyl (C=O) groups excluding carboxylic acids is 1. The second-order valence-electron chi connectivity index (χ2n) is 6.63. The Balaban J connectivity index is 1.82. The van der Waals surface area contributed by atoms with Crippen LogP contribution >= 0.6 is 0 Å². The molecule has 10 heteroatoms. The molecule has 0 spiro atoms. The molecule has 1 saturated carbocycles. The van der Waals surface area contributed by atoms with Gasteiger partial charge in [0.2, 0.25) is 6.43 Å². The topological polar surface area (TPSA) is 91.2 Å². The van der Waals surface area contributed by atoms with Crippen molar-refractivity contribution in [1.29, 1.82) is 0 Å². The van der Waals surface area contributed by atoms with E-state index in [0.717, 1.165) is 0 Å². The van der Waals surface area contributed by atoms with Crippen LogP contribution < -0.4 is 5.32 Å². The van der Waals surface area contributed by atoms with Gasteiger partial charge in [0.1, 0.15) is 12.0 Å². The van der Waals surface area contributed by atoms with Crippen LogP contribution in [0.1, 0.15) is 29.4 Å². The zero-order chi connectivity index (χ0) is 19.9. The van der Waals surface area contributed by atoms with Crippen LogP contribution in [0.25, 0.3) is 0 Å². The Hall–Kier alpha value is -2.46. The number of hydrogen-bond donors (Lipinski definition) is 1. The van der Waals surface area contributed by atoms with Gasteiger partial charge in [-0.05, 0) is 18.9 Å². The van der Waals surface area contributed by atoms with Crippen LogP contribution in [-0.4, -0.2) is 64.3 Å². The van der Waals surface area contributed by atoms with Crippen molar-refractivity contribution in [1.82, 2.24) is 24.8 Å². The van der Waals surface area contributed by atoms with Crippen LogP contribution in [0.3, 0.4) is 0 Å². The molecule has 152 valence electrons. The Bertz CT molecular complexity index is 732. The Kier molecular flexibility index (Phi) is 6.99. The lowest BCUT2D eigenvalue weighted by Gasteiger charge is -2.42. The fourth-order valence-electron chi connectivity index (χ4n) is 3.57. The Morgan fingerprint density at radius 1 is 1.32 bits per heavy atom. The van der Waals surface area contributed by atoms with E-state index in [2.05, 4.69) is 20.3 Å². The Labute approximate surface area is 161 Å². The molecule has 8 nitrogen and oxygen atoms in total. The van der Waals surface area contributed by atoms with Gasteiger partial charge in [0, 0.05) is 31.6 Å². The van der Waals surface area contributed by atoms with Crippen molar-refractivity contribution in [3.8, 4) is 0 Å². The molecule has 28 heavy (non-hydrogen) atoms. The predicted octanol–water partition coefficient (Wildman–Crippen LogP) is 1.72. The van der Waals surface area contributed by atoms with E-state index in [0.29, 0.717) is 19.6 Å². The summed E-state index contributed by atoms with van der Waals surface area (Å²) in [6, 6.07) is 0.228. The van der Waals surface area contributed by atoms with Gasteiger partial charge in [0.05, 0.1) is 37.7 Å². The van der Waals surface area contributed by atoms with Crippen molar-refractivity contribution < 1.29 is 23.0 Å². The van der Waals surface area contributed by atoms with Gasteiger partial charge in [-0.1, -0.05) is 0 Å². The fourth-order valence-corrected chi connectivity index (χ4v) is 3.57. The van der Waals surface area contributed by atoms with Crippen LogP contribution in [0.2, 0.25) is 0 Å². The third-order valence-electron chi connectivity index (χ3n) is 4.90. The summed E-state index contributed by atoms with van der Waals surface area (Å²) in [6.07, 6.45) is 5.15. The number of methoxy groups -OCH3 is 1. The number of amides is 1. The molecular formula is C18H23F2N5O3. The maximum Gasteiger partial charge on any atom is 0.270 e. The molecule has 1 fully saturated rings. The molecule has 2 aromatic rings. The zero-order valence-electron chi connectivity index (χ0n) is 15.4. The van der Waals surface area contributed by atoms with Gasteiger partial charge in [-0.25, -0.2) is 23.7 Å². The summed E-state index contributed by atoms with van der Waals surface area (Å²) in [6.45, 7) is 0.713. The van der Waals surface area contributed by atoms with E-state index in [1.54, 1.807) is 30.4 Å². The molecule has 4 unspecified atom stereocenters. The predicted molar refractivity (Wildman–Crippen MR) is 94.9 cm³/mol. The standard InChI is InChI=1S/C18H23F2N5O3/c1-27-6-7-28-12-8-13(17(19)20)16(15(9-12)25-5-4-22-11-25)24-18(26)14-2-3-21-10-23-14/h2-5,10-13,15-17H,6-9H2,1H3,(H,24,26). The number of carbonyl (C=O) groups is 1. The van der Waals surface area contributed by atoms with E-state index in [-0.39, 0.29) is 18.2 Å². The van der Waals surface area contributed by atoms with Crippen LogP contribution in [0, 0.1) is 5.92 Å². The van der Waals surface area contributed by atoms with E-state index in [1.165, 1.54) is 18.6 Å². The van der Waals surface area contributed by atoms with Crippen molar-refractivity contribution in [2.45, 2.75) is 37.5 Å². The van der Waals surface area contributed by atoms with E-state index in [9.17, 15) is 13.6 Å². The van der Waals surface area contributed by atoms with Gasteiger partial charge in [-0.2, -0.15) is 0 Å². The van der Waals surface area contributed by atoms with Crippen molar-refractivity contribution in [3.63, 3.8) is 0 Å². The molecule has 4 atom stereocenters. The summed E-state index contributed by atoms with van der Waals surface area (Å²) in [5.74, 6) is -1.58. The summed E-state index contributed by atoms with van der Waals surface area (Å²) in [5.41, 5.74) is 0.130. The molecule has 3 rings (SSSR count). The van der Waals surface area contributed by atoms with Gasteiger partial charge in [-0.3, -0.25) is 4.79 Å². The number of nitrogens with zero attached hydrogens (tertiary/aromatic N) is 4. The summed E-state index contributed by atoms with van der Waals surface area (Å²) >= 11 is 0. The number of hydrogen-bond acceptors (Lipinski definition) is 6. The SMILES string of the molecule is COCCOC1CC(C(F)F)C(NC(=O)c2ccncn2)C(n2ccnc2)C1. The summed E-state index contributed by atoms with van der Waals surface area (Å²) in [7, 11) is 1.55. The number of ether oxygens (including phenoxy) is 2. The molecule has 0 saturated heterocycles. The molecule has 2 heterocycles. The highest BCUT2D eigenvalue weighted by Gasteiger charge is 2.44. The quantitative estimate of drug-likeness (QED) is 0.685. The van der Waals surface area contributed by atoms with E-state index < -0.39 is 30.3 Å². The number of imidazole rings is 1. The van der Waals surface area contributed by atoms with E-state index >= 15 is 0 Å². The van der Waals surface area contributed by atoms with Gasteiger partial charge >= 0.3 is 0 Å². The third kappa shape index (κ3) is 4.87. The first-order valence-corrected chi connectivity index (χ1v) is 9.03. The molecule has 1 aliphatic rings. The first-order valence-electron chi connectivity index (χ1n) is 9.03. The van der Waals surface area contributed by atoms with E-state index in [4.69, 9.17) is 9.47 Å². The first kappa shape index (κ1) is 20.3. The highest BCUT2D eigenvalue weighted by atomic mass is 19.3. The zero-order valence-corrected chi connectivity index (χ0v) is 15.4. The molecule has 0 aliphatic heterocycles. The van der Waals surface area contributed by atoms with Gasteiger partial charge in [0.25, 0.3) is 5.91 Å². The molecule has 1 aliphatic carbocycles. The lowest BCUT2D eigenvalue weighted by molar-refractivity contribution is -0.0647. The van der Waals surface area contributed by atoms with Crippen LogP contribution in [-0.2, 0) is 9.47 Å². The van der Waals surface area contributed by atoms with Gasteiger partial charge in [-0.15, -0.1) is 0 Å². The highest BCUT2D eigenvalue weighted by Crippen LogP contribution is 2.38. The molecular weight excluding hydrogens is 372 g/mol. The molecule has 1 N–H and O–H groups in total. The highest BCUT2D eigenvalue weighted by molar-refractivity contribution is 5.92. The molecule has 0 aromatic carbocycles. The van der Waals surface area contributed by atoms with E-state index in [1.807, 2.05) is 0 Å². The maximum atomic E-state index is 13.9. The Morgan fingerprint density at radius 2 is 2.18 bits per heavy atom. The lowest BCUT2D eigenvalue weighted by atomic mass is 9.79. The van der Waals surface area contributed by atoms with Crippen molar-refractivity contribution in [3.05, 3.63) is 43.0 Å². The maximum absolute atomic E-state index is 13.9. The number of halogens is 2. The molecule has 1 amide bonds. The minimum absolute atomic E-state index is 0.130. The molecule has 0 bridgehead atoms. The number of aromatic nitrogens is 4. The van der Waals surface area contributed by atoms with Crippen molar-refractivity contribution in [2.75, 3.05) is 20.3 Å². The van der Waals surface area contributed by atoms with Crippen molar-refractivity contribution >= 4 is 5.91 Å². The smallest absolute Gasteiger partial charge is 0.270 e. The van der Waals surface area contributed by atoms with Crippen LogP contribution in [0.5, 0.6) is 0 Å². The lowest BCUT2D eigenvalue weighted by Crippen LogP contribution is -2.53. The second kappa shape index (κ2) is 9.65. The normalized spacial score (nSPS) is 25.0. The average Bonchev–Trinajstić information content (AvgIpc) is 3.24. The average molecular weight is 395 g/mol. The van der Waals surface area contributed by atoms with Crippen molar-refractivity contribution in [2.24, 2.45) is 5.92 Å². The van der Waals surface area contributed by atoms with Gasteiger partial charge in [0.15, 0.2) is 0 Å². The minimum atomic E-state index is -2.62. The summed E-state index contributed by atoms with van der Waals surface area (Å²) in [5, 5.41) is 2.75. The van der Waals surface area contributed by atoms with Crippen LogP contribution in [0.4, 0.5) is 8.78 Å². The summed E-state index contributed by atoms with van der Waals surface area (Å²) in [4.78, 5) is 24.3. The first-order chi connectivity index (χ1) is 13.6. The fraction of sp³-hybridized carbons (Fsp3) is 0.556. The largest absolute Gasteiger partial charge is 0.382 e. The Morgan fingerprint density at radius 3 is 2.82 bits per heavy atom. The minimum Gasteiger partial charge on any atom is -0.382 e.